The quantitative estimate of drug-likeness (QED) is 0.573. The molecule has 3 aromatic rings. The molecule has 3 N–H and O–H groups in total. The van der Waals surface area contributed by atoms with Gasteiger partial charge in [0, 0.05) is 29.6 Å². The Balaban J connectivity index is 1.37. The summed E-state index contributed by atoms with van der Waals surface area (Å²) in [6.45, 7) is 3.75. The minimum atomic E-state index is -0.0388. The number of hydrogen-bond donors (Lipinski definition) is 3. The maximum atomic E-state index is 12.2. The number of aryl methyl sites for hydroxylation is 2. The van der Waals surface area contributed by atoms with Crippen LogP contribution >= 0.6 is 0 Å². The normalized spacial score (nSPS) is 13.6. The highest BCUT2D eigenvalue weighted by molar-refractivity contribution is 5.97. The summed E-state index contributed by atoms with van der Waals surface area (Å²) in [5, 5.41) is 5.91. The van der Waals surface area contributed by atoms with Gasteiger partial charge in [-0.05, 0) is 55.2 Å². The first-order valence-electron chi connectivity index (χ1n) is 10.2. The molecule has 1 aromatic heterocycles. The summed E-state index contributed by atoms with van der Waals surface area (Å²) in [5.74, 6) is 0.861. The number of hydrogen-bond acceptors (Lipinski definition) is 3. The fraction of sp³-hybridized carbons (Fsp3) is 0.348. The summed E-state index contributed by atoms with van der Waals surface area (Å²) in [4.78, 5) is 31.9. The predicted molar refractivity (Wildman–Crippen MR) is 114 cm³/mol. The van der Waals surface area contributed by atoms with E-state index >= 15 is 0 Å². The fourth-order valence-corrected chi connectivity index (χ4v) is 3.12. The van der Waals surface area contributed by atoms with Crippen molar-refractivity contribution in [1.29, 1.82) is 0 Å². The van der Waals surface area contributed by atoms with E-state index in [4.69, 9.17) is 0 Å². The number of anilines is 1. The number of nitrogens with zero attached hydrogens (tertiary/aromatic N) is 1. The van der Waals surface area contributed by atoms with Gasteiger partial charge >= 0.3 is 0 Å². The van der Waals surface area contributed by atoms with Crippen LogP contribution in [0.4, 0.5) is 5.69 Å². The lowest BCUT2D eigenvalue weighted by molar-refractivity contribution is -0.118. The van der Waals surface area contributed by atoms with Gasteiger partial charge in [-0.25, -0.2) is 4.98 Å². The van der Waals surface area contributed by atoms with Crippen LogP contribution in [0.25, 0.3) is 11.0 Å². The lowest BCUT2D eigenvalue weighted by atomic mass is 10.1. The van der Waals surface area contributed by atoms with Crippen LogP contribution in [-0.2, 0) is 17.6 Å². The van der Waals surface area contributed by atoms with Crippen LogP contribution in [0.3, 0.4) is 0 Å². The molecule has 150 valence electrons. The van der Waals surface area contributed by atoms with E-state index in [-0.39, 0.29) is 17.7 Å². The number of aromatic amines is 1. The van der Waals surface area contributed by atoms with Crippen molar-refractivity contribution in [3.05, 3.63) is 59.4 Å². The number of nitrogens with one attached hydrogen (secondary N) is 3. The number of fused-ring (bicyclic) bond motifs is 1. The molecular weight excluding hydrogens is 364 g/mol. The molecule has 6 heteroatoms. The van der Waals surface area contributed by atoms with Crippen molar-refractivity contribution < 1.29 is 9.59 Å². The minimum absolute atomic E-state index is 0.0183. The van der Waals surface area contributed by atoms with Gasteiger partial charge < -0.3 is 15.6 Å². The van der Waals surface area contributed by atoms with Gasteiger partial charge in [-0.1, -0.05) is 26.0 Å². The number of amides is 2. The zero-order valence-corrected chi connectivity index (χ0v) is 16.8. The molecule has 6 nitrogen and oxygen atoms in total. The number of carbonyl (C=O) groups excluding carboxylic acids is 2. The van der Waals surface area contributed by atoms with Crippen LogP contribution < -0.4 is 10.6 Å². The molecule has 0 bridgehead atoms. The van der Waals surface area contributed by atoms with Gasteiger partial charge in [0.05, 0.1) is 11.0 Å². The van der Waals surface area contributed by atoms with E-state index in [1.54, 1.807) is 0 Å². The standard InChI is InChI=1S/C23H26N4O2/c1-14(2)22(28)24-17-7-3-15(4-8-17)5-12-21-26-19-11-6-16(13-20(19)27-21)23(29)25-18-9-10-18/h3-4,6-8,11,13-14,18H,5,9-10,12H2,1-2H3,(H,24,28)(H,25,29)(H,26,27). The van der Waals surface area contributed by atoms with Gasteiger partial charge in [0.2, 0.25) is 5.91 Å². The van der Waals surface area contributed by atoms with Crippen molar-refractivity contribution in [2.75, 3.05) is 5.32 Å². The monoisotopic (exact) mass is 390 g/mol. The molecule has 0 radical (unpaired) electrons. The molecule has 1 heterocycles. The van der Waals surface area contributed by atoms with Crippen molar-refractivity contribution >= 4 is 28.5 Å². The highest BCUT2D eigenvalue weighted by atomic mass is 16.2. The van der Waals surface area contributed by atoms with Crippen LogP contribution in [-0.4, -0.2) is 27.8 Å². The van der Waals surface area contributed by atoms with Gasteiger partial charge in [-0.3, -0.25) is 9.59 Å². The Kier molecular flexibility index (Phi) is 5.34. The third-order valence-corrected chi connectivity index (χ3v) is 5.10. The zero-order chi connectivity index (χ0) is 20.4. The molecule has 4 rings (SSSR count). The Morgan fingerprint density at radius 2 is 1.86 bits per heavy atom. The first-order valence-corrected chi connectivity index (χ1v) is 10.2. The van der Waals surface area contributed by atoms with Crippen molar-refractivity contribution in [2.45, 2.75) is 45.6 Å². The first kappa shape index (κ1) is 19.2. The number of rotatable bonds is 7. The Morgan fingerprint density at radius 3 is 2.55 bits per heavy atom. The average Bonchev–Trinajstić information content (AvgIpc) is 3.42. The molecule has 0 atom stereocenters. The summed E-state index contributed by atoms with van der Waals surface area (Å²) in [5.41, 5.74) is 4.41. The Labute approximate surface area is 170 Å². The van der Waals surface area contributed by atoms with Crippen LogP contribution in [0.5, 0.6) is 0 Å². The van der Waals surface area contributed by atoms with E-state index in [0.29, 0.717) is 11.6 Å². The largest absolute Gasteiger partial charge is 0.349 e. The molecule has 29 heavy (non-hydrogen) atoms. The van der Waals surface area contributed by atoms with Gasteiger partial charge in [-0.15, -0.1) is 0 Å². The molecule has 1 saturated carbocycles. The third kappa shape index (κ3) is 4.83. The molecule has 1 fully saturated rings. The summed E-state index contributed by atoms with van der Waals surface area (Å²) < 4.78 is 0. The van der Waals surface area contributed by atoms with Crippen molar-refractivity contribution in [1.82, 2.24) is 15.3 Å². The molecule has 1 aliphatic carbocycles. The lowest BCUT2D eigenvalue weighted by Crippen LogP contribution is -2.25. The topological polar surface area (TPSA) is 86.9 Å². The summed E-state index contributed by atoms with van der Waals surface area (Å²) >= 11 is 0. The van der Waals surface area contributed by atoms with Crippen LogP contribution in [0, 0.1) is 5.92 Å². The highest BCUT2D eigenvalue weighted by Gasteiger charge is 2.23. The maximum Gasteiger partial charge on any atom is 0.251 e. The van der Waals surface area contributed by atoms with Crippen LogP contribution in [0.1, 0.15) is 48.4 Å². The smallest absolute Gasteiger partial charge is 0.251 e. The number of benzene rings is 2. The molecule has 2 amide bonds. The molecule has 0 unspecified atom stereocenters. The number of imidazole rings is 1. The molecule has 0 saturated heterocycles. The van der Waals surface area contributed by atoms with E-state index < -0.39 is 0 Å². The van der Waals surface area contributed by atoms with E-state index in [2.05, 4.69) is 20.6 Å². The minimum Gasteiger partial charge on any atom is -0.349 e. The highest BCUT2D eigenvalue weighted by Crippen LogP contribution is 2.21. The molecular formula is C23H26N4O2. The number of H-pyrrole nitrogens is 1. The number of aromatic nitrogens is 2. The summed E-state index contributed by atoms with van der Waals surface area (Å²) in [6.07, 6.45) is 3.77. The molecule has 0 aliphatic heterocycles. The second kappa shape index (κ2) is 8.07. The summed E-state index contributed by atoms with van der Waals surface area (Å²) in [6, 6.07) is 13.9. The van der Waals surface area contributed by atoms with E-state index in [1.807, 2.05) is 56.3 Å². The van der Waals surface area contributed by atoms with Crippen molar-refractivity contribution in [2.24, 2.45) is 5.92 Å². The maximum absolute atomic E-state index is 12.2. The van der Waals surface area contributed by atoms with Gasteiger partial charge in [-0.2, -0.15) is 0 Å². The molecule has 2 aromatic carbocycles. The van der Waals surface area contributed by atoms with Crippen molar-refractivity contribution in [3.63, 3.8) is 0 Å². The van der Waals surface area contributed by atoms with Crippen molar-refractivity contribution in [3.8, 4) is 0 Å². The third-order valence-electron chi connectivity index (χ3n) is 5.10. The average molecular weight is 390 g/mol. The molecule has 0 spiro atoms. The van der Waals surface area contributed by atoms with Gasteiger partial charge in [0.1, 0.15) is 5.82 Å². The number of carbonyl (C=O) groups is 2. The lowest BCUT2D eigenvalue weighted by Gasteiger charge is -2.08. The van der Waals surface area contributed by atoms with E-state index in [9.17, 15) is 9.59 Å². The second-order valence-electron chi connectivity index (χ2n) is 8.00. The van der Waals surface area contributed by atoms with E-state index in [1.165, 1.54) is 5.56 Å². The first-order chi connectivity index (χ1) is 14.0. The van der Waals surface area contributed by atoms with Crippen LogP contribution in [0.2, 0.25) is 0 Å². The summed E-state index contributed by atoms with van der Waals surface area (Å²) in [7, 11) is 0. The Morgan fingerprint density at radius 1 is 1.10 bits per heavy atom. The SMILES string of the molecule is CC(C)C(=O)Nc1ccc(CCc2nc3ccc(C(=O)NC4CC4)cc3[nH]2)cc1. The van der Waals surface area contributed by atoms with Crippen LogP contribution in [0.15, 0.2) is 42.5 Å². The van der Waals surface area contributed by atoms with E-state index in [0.717, 1.165) is 48.2 Å². The Hall–Kier alpha value is -3.15. The second-order valence-corrected chi connectivity index (χ2v) is 8.00. The fourth-order valence-electron chi connectivity index (χ4n) is 3.12. The van der Waals surface area contributed by atoms with Gasteiger partial charge in [0.15, 0.2) is 0 Å². The predicted octanol–water partition coefficient (Wildman–Crippen LogP) is 3.83. The Bertz CT molecular complexity index is 1030. The molecule has 1 aliphatic rings. The van der Waals surface area contributed by atoms with Gasteiger partial charge in [0.25, 0.3) is 5.91 Å². The zero-order valence-electron chi connectivity index (χ0n) is 16.8.